The summed E-state index contributed by atoms with van der Waals surface area (Å²) in [4.78, 5) is 161. The lowest BCUT2D eigenvalue weighted by atomic mass is 10.0. The number of nitrogens with two attached hydrogens (primary N) is 6. The number of carbonyl (C=O) groups is 11. The summed E-state index contributed by atoms with van der Waals surface area (Å²) in [5, 5.41) is 46.9. The average Bonchev–Trinajstić information content (AvgIpc) is 4.10. The second-order valence-electron chi connectivity index (χ2n) is 18.3. The number of carboxylic acids is 2. The number of carboxylic acid groups (broad SMARTS) is 2. The van der Waals surface area contributed by atoms with Crippen LogP contribution in [0, 0.1) is 0 Å². The summed E-state index contributed by atoms with van der Waals surface area (Å²) >= 11 is 1.33. The minimum absolute atomic E-state index is 0.0218. The molecular weight excluding hydrogens is 1050 g/mol. The van der Waals surface area contributed by atoms with Gasteiger partial charge in [-0.2, -0.15) is 11.8 Å². The number of hydrogen-bond acceptors (Lipinski definition) is 17. The molecule has 78 heavy (non-hydrogen) atoms. The SMILES string of the molecule is CSCC[C@H](NC(=O)[C@@H](NC(=O)[C@H](Cc1cnc[nH]1)NC(=O)[C@H](CCCN=C(N)N)NC(=O)[C@H](CCC(N)=O)NC(=O)[C@@H]1CCCN1C(=O)[C@H](CCC(=O)O)NC(=O)[C@H](C)NC(=O)[C@@H](N)CCCN=C(N)N)[C@@H](C)O)C(=O)O. The number of nitrogens with zero attached hydrogens (tertiary/aromatic N) is 4. The van der Waals surface area contributed by atoms with Gasteiger partial charge < -0.3 is 96.8 Å². The summed E-state index contributed by atoms with van der Waals surface area (Å²) in [7, 11) is 0. The van der Waals surface area contributed by atoms with Crippen molar-refractivity contribution in [2.24, 2.45) is 44.4 Å². The van der Waals surface area contributed by atoms with Gasteiger partial charge in [0.1, 0.15) is 48.3 Å². The summed E-state index contributed by atoms with van der Waals surface area (Å²) in [5.41, 5.74) is 33.3. The summed E-state index contributed by atoms with van der Waals surface area (Å²) in [6.45, 7) is 2.58. The van der Waals surface area contributed by atoms with Crippen molar-refractivity contribution < 1.29 is 68.1 Å². The molecule has 0 saturated carbocycles. The minimum atomic E-state index is -1.71. The molecule has 1 fully saturated rings. The van der Waals surface area contributed by atoms with Crippen molar-refractivity contribution >= 4 is 88.8 Å². The van der Waals surface area contributed by atoms with Crippen LogP contribution in [0.5, 0.6) is 0 Å². The zero-order valence-corrected chi connectivity index (χ0v) is 44.6. The Balaban J connectivity index is 2.41. The van der Waals surface area contributed by atoms with Crippen LogP contribution < -0.4 is 71.6 Å². The first kappa shape index (κ1) is 66.3. The van der Waals surface area contributed by atoms with E-state index >= 15 is 0 Å². The van der Waals surface area contributed by atoms with Crippen LogP contribution in [0.15, 0.2) is 22.5 Å². The van der Waals surface area contributed by atoms with Crippen molar-refractivity contribution in [2.75, 3.05) is 31.6 Å². The van der Waals surface area contributed by atoms with E-state index in [4.69, 9.17) is 34.4 Å². The molecule has 23 N–H and O–H groups in total. The number of H-pyrrole nitrogens is 1. The van der Waals surface area contributed by atoms with E-state index in [2.05, 4.69) is 57.2 Å². The monoisotopic (exact) mass is 1120 g/mol. The minimum Gasteiger partial charge on any atom is -0.481 e. The van der Waals surface area contributed by atoms with E-state index in [0.29, 0.717) is 17.9 Å². The number of thioether (sulfide) groups is 1. The molecule has 10 atom stereocenters. The normalized spacial score (nSPS) is 16.4. The Morgan fingerprint density at radius 3 is 1.82 bits per heavy atom. The van der Waals surface area contributed by atoms with Gasteiger partial charge in [0.15, 0.2) is 11.9 Å². The first-order valence-electron chi connectivity index (χ1n) is 24.9. The second kappa shape index (κ2) is 34.1. The fourth-order valence-corrected chi connectivity index (χ4v) is 8.21. The number of likely N-dealkylation sites (tertiary alicyclic amines) is 1. The van der Waals surface area contributed by atoms with Crippen LogP contribution in [0.4, 0.5) is 0 Å². The smallest absolute Gasteiger partial charge is 0.326 e. The van der Waals surface area contributed by atoms with Crippen molar-refractivity contribution in [3.05, 3.63) is 18.2 Å². The van der Waals surface area contributed by atoms with E-state index in [9.17, 15) is 68.1 Å². The standard InChI is InChI=1S/C45H76N18O14S/c1-22(56-36(69)25(46)7-4-15-53-44(48)49)35(68)59-28(11-13-33(66)67)42(75)63-17-6-9-31(63)40(73)58-27(10-12-32(47)65)38(71)57-26(8-5-16-54-45(50)51)37(70)61-30(19-24-20-52-21-55-24)39(72)62-34(23(2)64)41(74)60-29(43(76)77)14-18-78-3/h20-23,25-31,34,64H,4-19,46H2,1-3H3,(H2,47,65)(H,52,55)(H,56,69)(H,57,71)(H,58,73)(H,59,68)(H,60,74)(H,61,70)(H,62,72)(H,66,67)(H,76,77)(H4,48,49,53)(H4,50,51,54)/t22-,23+,25-,26-,27-,28-,29-,30-,31-,34-/m0/s1. The van der Waals surface area contributed by atoms with Gasteiger partial charge in [-0.05, 0) is 83.6 Å². The molecule has 0 aliphatic carbocycles. The van der Waals surface area contributed by atoms with E-state index < -0.39 is 151 Å². The van der Waals surface area contributed by atoms with Gasteiger partial charge in [-0.25, -0.2) is 9.78 Å². The Hall–Kier alpha value is -7.81. The Morgan fingerprint density at radius 1 is 0.705 bits per heavy atom. The van der Waals surface area contributed by atoms with Gasteiger partial charge >= 0.3 is 11.9 Å². The van der Waals surface area contributed by atoms with Crippen LogP contribution in [-0.4, -0.2) is 199 Å². The number of guanidine groups is 2. The van der Waals surface area contributed by atoms with Gasteiger partial charge in [-0.1, -0.05) is 0 Å². The number of aliphatic hydroxyl groups is 1. The number of amides is 9. The Kier molecular flexibility index (Phi) is 29.0. The molecule has 0 bridgehead atoms. The van der Waals surface area contributed by atoms with Crippen molar-refractivity contribution in [2.45, 2.75) is 151 Å². The number of aromatic amines is 1. The lowest BCUT2D eigenvalue weighted by Gasteiger charge is -2.30. The van der Waals surface area contributed by atoms with Crippen molar-refractivity contribution in [3.63, 3.8) is 0 Å². The van der Waals surface area contributed by atoms with Crippen LogP contribution in [-0.2, 0) is 59.2 Å². The van der Waals surface area contributed by atoms with Crippen LogP contribution in [0.2, 0.25) is 0 Å². The first-order valence-corrected chi connectivity index (χ1v) is 26.3. The molecule has 0 radical (unpaired) electrons. The number of aliphatic hydroxyl groups excluding tert-OH is 1. The molecule has 1 saturated heterocycles. The van der Waals surface area contributed by atoms with E-state index in [0.717, 1.165) is 4.90 Å². The van der Waals surface area contributed by atoms with E-state index in [1.54, 1.807) is 6.26 Å². The van der Waals surface area contributed by atoms with Gasteiger partial charge in [0, 0.05) is 50.8 Å². The third kappa shape index (κ3) is 24.0. The molecule has 33 heteroatoms. The number of imidazole rings is 1. The number of nitrogens with one attached hydrogen (secondary N) is 8. The highest BCUT2D eigenvalue weighted by atomic mass is 32.2. The molecule has 9 amide bonds. The molecule has 2 heterocycles. The molecule has 32 nitrogen and oxygen atoms in total. The van der Waals surface area contributed by atoms with Crippen molar-refractivity contribution in [3.8, 4) is 0 Å². The lowest BCUT2D eigenvalue weighted by molar-refractivity contribution is -0.143. The molecular formula is C45H76N18O14S. The fraction of sp³-hybridized carbons (Fsp3) is 0.644. The third-order valence-corrected chi connectivity index (χ3v) is 12.6. The predicted octanol–water partition coefficient (Wildman–Crippen LogP) is -6.86. The summed E-state index contributed by atoms with van der Waals surface area (Å²) < 4.78 is 0. The van der Waals surface area contributed by atoms with Crippen molar-refractivity contribution in [1.82, 2.24) is 52.1 Å². The first-order chi connectivity index (χ1) is 36.7. The molecule has 1 aromatic heterocycles. The van der Waals surface area contributed by atoms with Gasteiger partial charge in [0.05, 0.1) is 18.5 Å². The average molecular weight is 1130 g/mol. The van der Waals surface area contributed by atoms with Gasteiger partial charge in [0.2, 0.25) is 53.2 Å². The highest BCUT2D eigenvalue weighted by Crippen LogP contribution is 2.21. The largest absolute Gasteiger partial charge is 0.481 e. The molecule has 1 aromatic rings. The molecule has 436 valence electrons. The van der Waals surface area contributed by atoms with Crippen molar-refractivity contribution in [1.29, 1.82) is 0 Å². The number of aliphatic carboxylic acids is 2. The second-order valence-corrected chi connectivity index (χ2v) is 19.3. The maximum Gasteiger partial charge on any atom is 0.326 e. The zero-order valence-electron chi connectivity index (χ0n) is 43.7. The number of aromatic nitrogens is 2. The molecule has 2 rings (SSSR count). The summed E-state index contributed by atoms with van der Waals surface area (Å²) in [6.07, 6.45) is 1.17. The predicted molar refractivity (Wildman–Crippen MR) is 282 cm³/mol. The van der Waals surface area contributed by atoms with Crippen LogP contribution in [0.25, 0.3) is 0 Å². The van der Waals surface area contributed by atoms with E-state index in [1.165, 1.54) is 38.1 Å². The molecule has 0 aromatic carbocycles. The Labute approximate surface area is 453 Å². The summed E-state index contributed by atoms with van der Waals surface area (Å²) in [5.74, 6) is -11.1. The lowest BCUT2D eigenvalue weighted by Crippen LogP contribution is -2.61. The van der Waals surface area contributed by atoms with Gasteiger partial charge in [-0.3, -0.25) is 57.9 Å². The van der Waals surface area contributed by atoms with Crippen LogP contribution in [0.1, 0.15) is 90.2 Å². The number of rotatable bonds is 36. The number of carbonyl (C=O) groups excluding carboxylic acids is 9. The fourth-order valence-electron chi connectivity index (χ4n) is 7.74. The topological polar surface area (TPSA) is 545 Å². The van der Waals surface area contributed by atoms with Crippen LogP contribution >= 0.6 is 11.8 Å². The number of primary amides is 1. The highest BCUT2D eigenvalue weighted by molar-refractivity contribution is 7.98. The zero-order chi connectivity index (χ0) is 58.6. The van der Waals surface area contributed by atoms with Gasteiger partial charge in [-0.15, -0.1) is 0 Å². The quantitative estimate of drug-likeness (QED) is 0.0169. The molecule has 1 aliphatic heterocycles. The molecule has 0 spiro atoms. The van der Waals surface area contributed by atoms with E-state index in [1.807, 2.05) is 0 Å². The number of aliphatic imine (C=N–C) groups is 2. The number of hydrogen-bond donors (Lipinski definition) is 17. The van der Waals surface area contributed by atoms with E-state index in [-0.39, 0.29) is 76.5 Å². The third-order valence-electron chi connectivity index (χ3n) is 11.9. The Morgan fingerprint density at radius 2 is 1.27 bits per heavy atom. The Bertz CT molecular complexity index is 2280. The maximum absolute atomic E-state index is 14.3. The molecule has 0 unspecified atom stereocenters. The molecule has 1 aliphatic rings. The summed E-state index contributed by atoms with van der Waals surface area (Å²) in [6, 6.07) is -12.9. The highest BCUT2D eigenvalue weighted by Gasteiger charge is 2.40. The van der Waals surface area contributed by atoms with Gasteiger partial charge in [0.25, 0.3) is 0 Å². The maximum atomic E-state index is 14.3. The van der Waals surface area contributed by atoms with Crippen LogP contribution in [0.3, 0.4) is 0 Å².